The van der Waals surface area contributed by atoms with Crippen LogP contribution in [0.1, 0.15) is 82.7 Å². The molecule has 1 heterocycles. The van der Waals surface area contributed by atoms with E-state index in [1.807, 2.05) is 5.38 Å². The third kappa shape index (κ3) is 6.51. The summed E-state index contributed by atoms with van der Waals surface area (Å²) < 4.78 is 0. The normalized spacial score (nSPS) is 20.3. The highest BCUT2D eigenvalue weighted by molar-refractivity contribution is 7.13. The average Bonchev–Trinajstić information content (AvgIpc) is 3.53. The van der Waals surface area contributed by atoms with Crippen LogP contribution in [0.15, 0.2) is 5.38 Å². The largest absolute Gasteiger partial charge is 0.353 e. The first-order chi connectivity index (χ1) is 15.1. The van der Waals surface area contributed by atoms with E-state index >= 15 is 0 Å². The van der Waals surface area contributed by atoms with E-state index in [0.29, 0.717) is 10.8 Å². The van der Waals surface area contributed by atoms with Crippen LogP contribution in [0, 0.1) is 5.92 Å². The summed E-state index contributed by atoms with van der Waals surface area (Å²) in [7, 11) is 0. The highest BCUT2D eigenvalue weighted by Gasteiger charge is 2.37. The zero-order valence-electron chi connectivity index (χ0n) is 18.2. The molecule has 1 aromatic rings. The third-order valence-electron chi connectivity index (χ3n) is 6.65. The molecule has 0 aliphatic heterocycles. The van der Waals surface area contributed by atoms with E-state index in [-0.39, 0.29) is 48.7 Å². The molecule has 0 bridgehead atoms. The Labute approximate surface area is 188 Å². The number of carbonyl (C=O) groups excluding carboxylic acids is 3. The molecule has 0 spiro atoms. The Hall–Kier alpha value is -1.96. The Kier molecular flexibility index (Phi) is 7.58. The van der Waals surface area contributed by atoms with Gasteiger partial charge in [0.1, 0.15) is 6.54 Å². The third-order valence-corrected chi connectivity index (χ3v) is 7.46. The molecule has 3 fully saturated rings. The van der Waals surface area contributed by atoms with Crippen molar-refractivity contribution in [2.24, 2.45) is 5.92 Å². The number of aromatic nitrogens is 1. The van der Waals surface area contributed by atoms with E-state index in [2.05, 4.69) is 15.6 Å². The number of thiazole rings is 1. The highest BCUT2D eigenvalue weighted by Crippen LogP contribution is 2.32. The van der Waals surface area contributed by atoms with Gasteiger partial charge < -0.3 is 15.5 Å². The molecule has 0 radical (unpaired) electrons. The standard InChI is InChI=1S/C23H34N4O3S/c28-20(24-17-9-5-2-6-10-17)13-18-15-31-23(25-18)26-21(29)14-27(19-11-12-19)22(30)16-7-3-1-4-8-16/h15-17,19H,1-14H2,(H,24,28)(H,25,26,29). The lowest BCUT2D eigenvalue weighted by Gasteiger charge is -2.28. The second-order valence-electron chi connectivity index (χ2n) is 9.30. The van der Waals surface area contributed by atoms with Gasteiger partial charge in [-0.15, -0.1) is 11.3 Å². The lowest BCUT2D eigenvalue weighted by Crippen LogP contribution is -2.43. The minimum atomic E-state index is -0.205. The summed E-state index contributed by atoms with van der Waals surface area (Å²) in [5, 5.41) is 8.24. The van der Waals surface area contributed by atoms with Crippen molar-refractivity contribution in [2.75, 3.05) is 11.9 Å². The fourth-order valence-electron chi connectivity index (χ4n) is 4.81. The molecular weight excluding hydrogens is 412 g/mol. The maximum Gasteiger partial charge on any atom is 0.245 e. The Morgan fingerprint density at radius 1 is 0.935 bits per heavy atom. The lowest BCUT2D eigenvalue weighted by molar-refractivity contribution is -0.139. The summed E-state index contributed by atoms with van der Waals surface area (Å²) in [6.07, 6.45) is 13.3. The molecule has 0 unspecified atom stereocenters. The predicted octanol–water partition coefficient (Wildman–Crippen LogP) is 3.64. The Morgan fingerprint density at radius 3 is 2.29 bits per heavy atom. The summed E-state index contributed by atoms with van der Waals surface area (Å²) in [6.45, 7) is 0.0943. The van der Waals surface area contributed by atoms with Crippen molar-refractivity contribution >= 4 is 34.2 Å². The first kappa shape index (κ1) is 22.2. The molecule has 1 aromatic heterocycles. The van der Waals surface area contributed by atoms with Gasteiger partial charge in [-0.1, -0.05) is 38.5 Å². The second-order valence-corrected chi connectivity index (χ2v) is 10.2. The maximum atomic E-state index is 12.9. The van der Waals surface area contributed by atoms with Crippen molar-refractivity contribution < 1.29 is 14.4 Å². The van der Waals surface area contributed by atoms with E-state index in [1.165, 1.54) is 37.0 Å². The first-order valence-electron chi connectivity index (χ1n) is 11.9. The number of nitrogens with zero attached hydrogens (tertiary/aromatic N) is 2. The highest BCUT2D eigenvalue weighted by atomic mass is 32.1. The topological polar surface area (TPSA) is 91.4 Å². The van der Waals surface area contributed by atoms with Crippen LogP contribution in [0.2, 0.25) is 0 Å². The van der Waals surface area contributed by atoms with Gasteiger partial charge in [0, 0.05) is 23.4 Å². The molecule has 8 heteroatoms. The summed E-state index contributed by atoms with van der Waals surface area (Å²) in [6, 6.07) is 0.504. The molecule has 0 atom stereocenters. The molecule has 3 aliphatic rings. The van der Waals surface area contributed by atoms with E-state index in [0.717, 1.165) is 51.4 Å². The molecule has 3 aliphatic carbocycles. The average molecular weight is 447 g/mol. The van der Waals surface area contributed by atoms with Crippen LogP contribution in [0.4, 0.5) is 5.13 Å². The fraction of sp³-hybridized carbons (Fsp3) is 0.739. The number of hydrogen-bond acceptors (Lipinski definition) is 5. The van der Waals surface area contributed by atoms with Gasteiger partial charge >= 0.3 is 0 Å². The Morgan fingerprint density at radius 2 is 1.61 bits per heavy atom. The van der Waals surface area contributed by atoms with Crippen molar-refractivity contribution in [3.8, 4) is 0 Å². The minimum Gasteiger partial charge on any atom is -0.353 e. The molecule has 3 saturated carbocycles. The summed E-state index contributed by atoms with van der Waals surface area (Å²) in [4.78, 5) is 44.0. The van der Waals surface area contributed by atoms with Gasteiger partial charge in [0.15, 0.2) is 5.13 Å². The molecule has 31 heavy (non-hydrogen) atoms. The van der Waals surface area contributed by atoms with Crippen molar-refractivity contribution in [3.63, 3.8) is 0 Å². The smallest absolute Gasteiger partial charge is 0.245 e. The van der Waals surface area contributed by atoms with Gasteiger partial charge in [-0.05, 0) is 38.5 Å². The van der Waals surface area contributed by atoms with Crippen molar-refractivity contribution in [2.45, 2.75) is 95.6 Å². The molecule has 7 nitrogen and oxygen atoms in total. The van der Waals surface area contributed by atoms with Crippen LogP contribution in [-0.4, -0.2) is 46.2 Å². The molecular formula is C23H34N4O3S. The quantitative estimate of drug-likeness (QED) is 0.638. The maximum absolute atomic E-state index is 12.9. The molecule has 4 rings (SSSR count). The zero-order chi connectivity index (χ0) is 21.6. The summed E-state index contributed by atoms with van der Waals surface area (Å²) in [5.74, 6) is 0.0181. The van der Waals surface area contributed by atoms with Crippen LogP contribution in [0.5, 0.6) is 0 Å². The molecule has 170 valence electrons. The van der Waals surface area contributed by atoms with E-state index in [9.17, 15) is 14.4 Å². The zero-order valence-corrected chi connectivity index (χ0v) is 19.1. The summed E-state index contributed by atoms with van der Waals surface area (Å²) in [5.41, 5.74) is 0.672. The van der Waals surface area contributed by atoms with Crippen molar-refractivity contribution in [3.05, 3.63) is 11.1 Å². The monoisotopic (exact) mass is 446 g/mol. The lowest BCUT2D eigenvalue weighted by atomic mass is 9.88. The number of hydrogen-bond donors (Lipinski definition) is 2. The van der Waals surface area contributed by atoms with Gasteiger partial charge in [0.25, 0.3) is 0 Å². The van der Waals surface area contributed by atoms with Gasteiger partial charge in [-0.25, -0.2) is 4.98 Å². The van der Waals surface area contributed by atoms with E-state index in [4.69, 9.17) is 0 Å². The van der Waals surface area contributed by atoms with Gasteiger partial charge in [-0.3, -0.25) is 14.4 Å². The number of rotatable bonds is 8. The van der Waals surface area contributed by atoms with Crippen LogP contribution < -0.4 is 10.6 Å². The molecule has 3 amide bonds. The minimum absolute atomic E-state index is 0.00642. The van der Waals surface area contributed by atoms with Crippen LogP contribution >= 0.6 is 11.3 Å². The molecule has 2 N–H and O–H groups in total. The summed E-state index contributed by atoms with van der Waals surface area (Å²) >= 11 is 1.33. The van der Waals surface area contributed by atoms with Crippen molar-refractivity contribution in [1.29, 1.82) is 0 Å². The van der Waals surface area contributed by atoms with Crippen LogP contribution in [-0.2, 0) is 20.8 Å². The van der Waals surface area contributed by atoms with E-state index < -0.39 is 0 Å². The molecule has 0 aromatic carbocycles. The number of nitrogens with one attached hydrogen (secondary N) is 2. The second kappa shape index (κ2) is 10.6. The molecule has 0 saturated heterocycles. The number of amides is 3. The number of carbonyl (C=O) groups is 3. The van der Waals surface area contributed by atoms with Gasteiger partial charge in [0.2, 0.25) is 17.7 Å². The first-order valence-corrected chi connectivity index (χ1v) is 12.8. The number of anilines is 1. The van der Waals surface area contributed by atoms with Crippen LogP contribution in [0.25, 0.3) is 0 Å². The SMILES string of the molecule is O=C(CN(C(=O)C1CCCCC1)C1CC1)Nc1nc(CC(=O)NC2CCCCC2)cs1. The van der Waals surface area contributed by atoms with Gasteiger partial charge in [0.05, 0.1) is 12.1 Å². The van der Waals surface area contributed by atoms with Gasteiger partial charge in [-0.2, -0.15) is 0 Å². The van der Waals surface area contributed by atoms with Crippen LogP contribution in [0.3, 0.4) is 0 Å². The predicted molar refractivity (Wildman–Crippen MR) is 121 cm³/mol. The van der Waals surface area contributed by atoms with E-state index in [1.54, 1.807) is 4.90 Å². The van der Waals surface area contributed by atoms with Crippen molar-refractivity contribution in [1.82, 2.24) is 15.2 Å². The Bertz CT molecular complexity index is 780. The Balaban J connectivity index is 1.25. The fourth-order valence-corrected chi connectivity index (χ4v) is 5.53.